The summed E-state index contributed by atoms with van der Waals surface area (Å²) in [5, 5.41) is 8.28. The SMILES string of the molecule is c1ccc(N2c3cc4c(cc3B3c5ccc6ccccc6c5N(c5ccccc5)c5cccc2c53)[Si](c2ccccc2)(c2ccccc2)c2ccccc2-4)cc1. The standard InChI is InChI=1S/C52H35BN2Si/c1-5-19-37(20-6-1)54-46-29-17-30-47-51(46)53(44-33-32-36-18-13-14-27-41(36)52(44)55(47)38-21-7-2-8-22-38)45-35-50-43(34-48(45)54)42-28-15-16-31-49(42)56(50,39-23-9-3-10-24-39)40-25-11-4-12-26-40/h1-35H. The van der Waals surface area contributed by atoms with Gasteiger partial charge in [-0.3, -0.25) is 0 Å². The van der Waals surface area contributed by atoms with Crippen molar-refractivity contribution in [3.8, 4) is 11.1 Å². The molecule has 0 N–H and O–H groups in total. The molecule has 3 aliphatic rings. The van der Waals surface area contributed by atoms with Crippen LogP contribution in [0.25, 0.3) is 21.9 Å². The first-order valence-corrected chi connectivity index (χ1v) is 21.6. The van der Waals surface area contributed by atoms with Gasteiger partial charge in [-0.2, -0.15) is 0 Å². The van der Waals surface area contributed by atoms with Gasteiger partial charge in [-0.15, -0.1) is 0 Å². The van der Waals surface area contributed by atoms with Crippen LogP contribution in [-0.4, -0.2) is 14.8 Å². The Kier molecular flexibility index (Phi) is 6.78. The molecule has 0 atom stereocenters. The predicted molar refractivity (Wildman–Crippen MR) is 241 cm³/mol. The molecule has 4 heteroatoms. The number of anilines is 6. The Morgan fingerprint density at radius 1 is 0.375 bits per heavy atom. The van der Waals surface area contributed by atoms with Gasteiger partial charge in [0.15, 0.2) is 8.07 Å². The molecule has 12 rings (SSSR count). The van der Waals surface area contributed by atoms with E-state index in [0.29, 0.717) is 0 Å². The fraction of sp³-hybridized carbons (Fsp3) is 0. The highest BCUT2D eigenvalue weighted by Crippen LogP contribution is 2.46. The van der Waals surface area contributed by atoms with Crippen LogP contribution >= 0.6 is 0 Å². The van der Waals surface area contributed by atoms with Gasteiger partial charge < -0.3 is 9.80 Å². The molecule has 0 bridgehead atoms. The van der Waals surface area contributed by atoms with Gasteiger partial charge in [0.2, 0.25) is 0 Å². The topological polar surface area (TPSA) is 6.48 Å². The minimum absolute atomic E-state index is 0.0167. The molecule has 2 nitrogen and oxygen atoms in total. The summed E-state index contributed by atoms with van der Waals surface area (Å²) in [6.07, 6.45) is 0. The molecule has 0 saturated heterocycles. The quantitative estimate of drug-likeness (QED) is 0.169. The van der Waals surface area contributed by atoms with Crippen LogP contribution in [0.1, 0.15) is 0 Å². The summed E-state index contributed by atoms with van der Waals surface area (Å²) >= 11 is 0. The first kappa shape index (κ1) is 31.5. The van der Waals surface area contributed by atoms with Crippen LogP contribution in [0.4, 0.5) is 34.1 Å². The Hall–Kier alpha value is -6.88. The number of benzene rings is 9. The first-order chi connectivity index (χ1) is 27.8. The van der Waals surface area contributed by atoms with E-state index in [9.17, 15) is 0 Å². The molecule has 0 unspecified atom stereocenters. The average Bonchev–Trinajstić information content (AvgIpc) is 3.56. The molecule has 0 aliphatic carbocycles. The van der Waals surface area contributed by atoms with E-state index in [1.807, 2.05) is 0 Å². The maximum absolute atomic E-state index is 2.75. The molecule has 0 amide bonds. The van der Waals surface area contributed by atoms with Crippen molar-refractivity contribution in [1.82, 2.24) is 0 Å². The van der Waals surface area contributed by atoms with Crippen LogP contribution in [0.15, 0.2) is 212 Å². The van der Waals surface area contributed by atoms with E-state index in [1.165, 1.54) is 81.8 Å². The molecular weight excluding hydrogens is 691 g/mol. The average molecular weight is 727 g/mol. The summed E-state index contributed by atoms with van der Waals surface area (Å²) < 4.78 is 0. The smallest absolute Gasteiger partial charge is 0.252 e. The minimum Gasteiger partial charge on any atom is -0.311 e. The van der Waals surface area contributed by atoms with Gasteiger partial charge in [0, 0.05) is 39.5 Å². The monoisotopic (exact) mass is 726 g/mol. The third-order valence-electron chi connectivity index (χ3n) is 12.5. The van der Waals surface area contributed by atoms with Crippen LogP contribution in [0.5, 0.6) is 0 Å². The normalized spacial score (nSPS) is 14.1. The predicted octanol–water partition coefficient (Wildman–Crippen LogP) is 8.28. The molecule has 3 heterocycles. The third-order valence-corrected chi connectivity index (χ3v) is 17.3. The molecule has 0 saturated carbocycles. The Morgan fingerprint density at radius 2 is 0.946 bits per heavy atom. The molecule has 0 aromatic heterocycles. The second kappa shape index (κ2) is 12.1. The minimum atomic E-state index is -2.75. The van der Waals surface area contributed by atoms with Crippen molar-refractivity contribution in [3.05, 3.63) is 212 Å². The molecule has 56 heavy (non-hydrogen) atoms. The summed E-state index contributed by atoms with van der Waals surface area (Å²) in [6.45, 7) is 0.0167. The number of nitrogens with zero attached hydrogens (tertiary/aromatic N) is 2. The molecule has 9 aromatic carbocycles. The zero-order chi connectivity index (χ0) is 36.8. The summed E-state index contributed by atoms with van der Waals surface area (Å²) in [5.41, 5.74) is 14.0. The van der Waals surface area contributed by atoms with E-state index in [2.05, 4.69) is 222 Å². The number of fused-ring (bicyclic) bond motifs is 9. The molecule has 0 radical (unpaired) electrons. The first-order valence-electron chi connectivity index (χ1n) is 19.6. The van der Waals surface area contributed by atoms with Crippen LogP contribution in [-0.2, 0) is 0 Å². The van der Waals surface area contributed by atoms with Crippen LogP contribution in [0, 0.1) is 0 Å². The van der Waals surface area contributed by atoms with E-state index in [4.69, 9.17) is 0 Å². The van der Waals surface area contributed by atoms with E-state index in [0.717, 1.165) is 11.4 Å². The molecular formula is C52H35BN2Si. The fourth-order valence-electron chi connectivity index (χ4n) is 10.3. The van der Waals surface area contributed by atoms with Crippen molar-refractivity contribution in [1.29, 1.82) is 0 Å². The number of para-hydroxylation sites is 2. The zero-order valence-electron chi connectivity index (χ0n) is 30.7. The largest absolute Gasteiger partial charge is 0.311 e. The highest BCUT2D eigenvalue weighted by atomic mass is 28.3. The number of hydrogen-bond acceptors (Lipinski definition) is 2. The van der Waals surface area contributed by atoms with E-state index in [-0.39, 0.29) is 6.71 Å². The zero-order valence-corrected chi connectivity index (χ0v) is 31.7. The van der Waals surface area contributed by atoms with Gasteiger partial charge in [0.1, 0.15) is 0 Å². The van der Waals surface area contributed by atoms with Crippen molar-refractivity contribution >= 4 is 96.8 Å². The molecule has 0 spiro atoms. The van der Waals surface area contributed by atoms with Crippen LogP contribution in [0.3, 0.4) is 0 Å². The Labute approximate surface area is 328 Å². The van der Waals surface area contributed by atoms with E-state index < -0.39 is 8.07 Å². The second-order valence-corrected chi connectivity index (χ2v) is 18.9. The number of hydrogen-bond donors (Lipinski definition) is 0. The van der Waals surface area contributed by atoms with Gasteiger partial charge >= 0.3 is 0 Å². The van der Waals surface area contributed by atoms with Gasteiger partial charge in [-0.1, -0.05) is 170 Å². The Morgan fingerprint density at radius 3 is 1.64 bits per heavy atom. The molecule has 3 aliphatic heterocycles. The lowest BCUT2D eigenvalue weighted by atomic mass is 9.33. The Bertz CT molecular complexity index is 2950. The van der Waals surface area contributed by atoms with E-state index in [1.54, 1.807) is 0 Å². The summed E-state index contributed by atoms with van der Waals surface area (Å²) in [4.78, 5) is 5.06. The highest BCUT2D eigenvalue weighted by molar-refractivity contribution is 7.22. The highest BCUT2D eigenvalue weighted by Gasteiger charge is 2.51. The molecule has 260 valence electrons. The number of rotatable bonds is 4. The van der Waals surface area contributed by atoms with Crippen molar-refractivity contribution < 1.29 is 0 Å². The van der Waals surface area contributed by atoms with Gasteiger partial charge in [-0.05, 0) is 96.1 Å². The lowest BCUT2D eigenvalue weighted by molar-refractivity contribution is 1.26. The summed E-state index contributed by atoms with van der Waals surface area (Å²) in [6, 6.07) is 79.7. The van der Waals surface area contributed by atoms with Crippen molar-refractivity contribution in [2.75, 3.05) is 9.80 Å². The molecule has 9 aromatic rings. The third kappa shape index (κ3) is 4.22. The van der Waals surface area contributed by atoms with E-state index >= 15 is 0 Å². The lowest BCUT2D eigenvalue weighted by Gasteiger charge is -2.45. The van der Waals surface area contributed by atoms with Crippen molar-refractivity contribution in [3.63, 3.8) is 0 Å². The van der Waals surface area contributed by atoms with Gasteiger partial charge in [0.05, 0.1) is 0 Å². The van der Waals surface area contributed by atoms with Crippen LogP contribution in [0.2, 0.25) is 0 Å². The lowest BCUT2D eigenvalue weighted by Crippen LogP contribution is -2.73. The maximum Gasteiger partial charge on any atom is 0.252 e. The summed E-state index contributed by atoms with van der Waals surface area (Å²) in [5.74, 6) is 0. The molecule has 0 fully saturated rings. The van der Waals surface area contributed by atoms with Gasteiger partial charge in [0.25, 0.3) is 6.71 Å². The maximum atomic E-state index is 2.66. The summed E-state index contributed by atoms with van der Waals surface area (Å²) in [7, 11) is -2.75. The van der Waals surface area contributed by atoms with Crippen molar-refractivity contribution in [2.45, 2.75) is 0 Å². The van der Waals surface area contributed by atoms with Crippen LogP contribution < -0.4 is 46.9 Å². The van der Waals surface area contributed by atoms with Crippen molar-refractivity contribution in [2.24, 2.45) is 0 Å². The second-order valence-electron chi connectivity index (χ2n) is 15.2. The van der Waals surface area contributed by atoms with Gasteiger partial charge in [-0.25, -0.2) is 0 Å². The fourth-order valence-corrected chi connectivity index (χ4v) is 15.5. The Balaban J connectivity index is 1.24.